The summed E-state index contributed by atoms with van der Waals surface area (Å²) in [5.41, 5.74) is 0. The summed E-state index contributed by atoms with van der Waals surface area (Å²) in [5, 5.41) is 0. The van der Waals surface area contributed by atoms with Gasteiger partial charge >= 0.3 is 0 Å². The summed E-state index contributed by atoms with van der Waals surface area (Å²) >= 11 is 0. The molecule has 2 aliphatic rings. The van der Waals surface area contributed by atoms with Crippen LogP contribution in [-0.4, -0.2) is 60.8 Å². The van der Waals surface area contributed by atoms with Gasteiger partial charge in [0, 0.05) is 31.7 Å². The zero-order valence-corrected chi connectivity index (χ0v) is 11.7. The molecule has 0 radical (unpaired) electrons. The van der Waals surface area contributed by atoms with Crippen LogP contribution >= 0.6 is 0 Å². The standard InChI is InChI=1S/C14H28N2O/c1-4-7-15-10-13-5-6-14(11-15)16(13)8-9-17-12(2)3/h12-14H,4-11H2,1-3H3. The van der Waals surface area contributed by atoms with Crippen molar-refractivity contribution in [2.24, 2.45) is 0 Å². The van der Waals surface area contributed by atoms with Gasteiger partial charge < -0.3 is 9.64 Å². The van der Waals surface area contributed by atoms with E-state index in [1.165, 1.54) is 38.9 Å². The van der Waals surface area contributed by atoms with Crippen LogP contribution in [0.3, 0.4) is 0 Å². The molecule has 0 saturated carbocycles. The van der Waals surface area contributed by atoms with E-state index in [1.807, 2.05) is 0 Å². The van der Waals surface area contributed by atoms with E-state index < -0.39 is 0 Å². The minimum Gasteiger partial charge on any atom is -0.377 e. The minimum atomic E-state index is 0.369. The minimum absolute atomic E-state index is 0.369. The monoisotopic (exact) mass is 240 g/mol. The topological polar surface area (TPSA) is 15.7 Å². The zero-order chi connectivity index (χ0) is 12.3. The quantitative estimate of drug-likeness (QED) is 0.706. The van der Waals surface area contributed by atoms with E-state index in [0.717, 1.165) is 25.2 Å². The van der Waals surface area contributed by atoms with Gasteiger partial charge in [-0.1, -0.05) is 6.92 Å². The number of fused-ring (bicyclic) bond motifs is 2. The Kier molecular flexibility index (Phi) is 4.83. The van der Waals surface area contributed by atoms with Gasteiger partial charge in [0.15, 0.2) is 0 Å². The van der Waals surface area contributed by atoms with Gasteiger partial charge in [-0.3, -0.25) is 4.90 Å². The van der Waals surface area contributed by atoms with Crippen LogP contribution in [0.2, 0.25) is 0 Å². The maximum atomic E-state index is 5.69. The van der Waals surface area contributed by atoms with E-state index in [9.17, 15) is 0 Å². The molecule has 17 heavy (non-hydrogen) atoms. The van der Waals surface area contributed by atoms with Gasteiger partial charge in [0.2, 0.25) is 0 Å². The third-order valence-corrected chi connectivity index (χ3v) is 4.05. The van der Waals surface area contributed by atoms with E-state index in [2.05, 4.69) is 30.6 Å². The molecular formula is C14H28N2O. The van der Waals surface area contributed by atoms with Gasteiger partial charge in [0.05, 0.1) is 12.7 Å². The Morgan fingerprint density at radius 2 is 1.76 bits per heavy atom. The average molecular weight is 240 g/mol. The van der Waals surface area contributed by atoms with Crippen LogP contribution in [0.15, 0.2) is 0 Å². The highest BCUT2D eigenvalue weighted by Gasteiger charge is 2.38. The van der Waals surface area contributed by atoms with Crippen LogP contribution < -0.4 is 0 Å². The molecule has 2 atom stereocenters. The molecule has 2 aliphatic heterocycles. The second-order valence-corrected chi connectivity index (χ2v) is 5.80. The van der Waals surface area contributed by atoms with E-state index >= 15 is 0 Å². The first-order valence-electron chi connectivity index (χ1n) is 7.30. The van der Waals surface area contributed by atoms with Gasteiger partial charge in [0.1, 0.15) is 0 Å². The van der Waals surface area contributed by atoms with Crippen molar-refractivity contribution in [3.8, 4) is 0 Å². The Morgan fingerprint density at radius 1 is 1.12 bits per heavy atom. The van der Waals surface area contributed by atoms with Crippen LogP contribution in [0.4, 0.5) is 0 Å². The predicted octanol–water partition coefficient (Wildman–Crippen LogP) is 1.97. The van der Waals surface area contributed by atoms with Crippen molar-refractivity contribution in [3.05, 3.63) is 0 Å². The molecule has 0 aromatic carbocycles. The first kappa shape index (κ1) is 13.3. The Morgan fingerprint density at radius 3 is 2.29 bits per heavy atom. The number of nitrogens with zero attached hydrogens (tertiary/aromatic N) is 2. The molecule has 0 amide bonds. The molecule has 2 rings (SSSR count). The molecule has 0 spiro atoms. The summed E-state index contributed by atoms with van der Waals surface area (Å²) in [7, 11) is 0. The van der Waals surface area contributed by atoms with Crippen molar-refractivity contribution in [2.45, 2.75) is 58.2 Å². The molecule has 2 fully saturated rings. The lowest BCUT2D eigenvalue weighted by Gasteiger charge is -2.41. The van der Waals surface area contributed by atoms with Crippen LogP contribution in [-0.2, 0) is 4.74 Å². The van der Waals surface area contributed by atoms with Crippen molar-refractivity contribution in [1.29, 1.82) is 0 Å². The zero-order valence-electron chi connectivity index (χ0n) is 11.7. The number of ether oxygens (including phenoxy) is 1. The third kappa shape index (κ3) is 3.43. The molecule has 0 aromatic rings. The molecule has 2 saturated heterocycles. The second-order valence-electron chi connectivity index (χ2n) is 5.80. The van der Waals surface area contributed by atoms with Gasteiger partial charge in [-0.05, 0) is 39.7 Å². The smallest absolute Gasteiger partial charge is 0.0597 e. The maximum absolute atomic E-state index is 5.69. The highest BCUT2D eigenvalue weighted by atomic mass is 16.5. The van der Waals surface area contributed by atoms with Crippen molar-refractivity contribution in [2.75, 3.05) is 32.8 Å². The molecule has 2 bridgehead atoms. The molecule has 2 heterocycles. The maximum Gasteiger partial charge on any atom is 0.0597 e. The lowest BCUT2D eigenvalue weighted by atomic mass is 10.2. The van der Waals surface area contributed by atoms with Gasteiger partial charge in [-0.25, -0.2) is 0 Å². The van der Waals surface area contributed by atoms with E-state index in [4.69, 9.17) is 4.74 Å². The number of likely N-dealkylation sites (tertiary alicyclic amines) is 1. The SMILES string of the molecule is CCCN1CC2CCC(C1)N2CCOC(C)C. The van der Waals surface area contributed by atoms with Crippen molar-refractivity contribution in [1.82, 2.24) is 9.80 Å². The van der Waals surface area contributed by atoms with Gasteiger partial charge in [0.25, 0.3) is 0 Å². The van der Waals surface area contributed by atoms with Crippen molar-refractivity contribution < 1.29 is 4.74 Å². The van der Waals surface area contributed by atoms with Gasteiger partial charge in [-0.2, -0.15) is 0 Å². The second kappa shape index (κ2) is 6.17. The summed E-state index contributed by atoms with van der Waals surface area (Å²) in [6.45, 7) is 12.4. The highest BCUT2D eigenvalue weighted by Crippen LogP contribution is 2.29. The lowest BCUT2D eigenvalue weighted by Crippen LogP contribution is -2.54. The Bertz CT molecular complexity index is 218. The van der Waals surface area contributed by atoms with Crippen LogP contribution in [0.5, 0.6) is 0 Å². The number of hydrogen-bond acceptors (Lipinski definition) is 3. The number of piperazine rings is 1. The molecule has 0 aromatic heterocycles. The molecule has 3 nitrogen and oxygen atoms in total. The van der Waals surface area contributed by atoms with Crippen molar-refractivity contribution in [3.63, 3.8) is 0 Å². The highest BCUT2D eigenvalue weighted by molar-refractivity contribution is 4.95. The van der Waals surface area contributed by atoms with Crippen LogP contribution in [0.1, 0.15) is 40.0 Å². The largest absolute Gasteiger partial charge is 0.377 e. The van der Waals surface area contributed by atoms with E-state index in [0.29, 0.717) is 6.10 Å². The number of rotatable bonds is 6. The molecular weight excluding hydrogens is 212 g/mol. The lowest BCUT2D eigenvalue weighted by molar-refractivity contribution is 0.0169. The fraction of sp³-hybridized carbons (Fsp3) is 1.00. The fourth-order valence-corrected chi connectivity index (χ4v) is 3.34. The normalized spacial score (nSPS) is 30.4. The Hall–Kier alpha value is -0.120. The van der Waals surface area contributed by atoms with Crippen LogP contribution in [0.25, 0.3) is 0 Å². The summed E-state index contributed by atoms with van der Waals surface area (Å²) in [6, 6.07) is 1.60. The molecule has 100 valence electrons. The first-order valence-corrected chi connectivity index (χ1v) is 7.30. The van der Waals surface area contributed by atoms with Crippen molar-refractivity contribution >= 4 is 0 Å². The summed E-state index contributed by atoms with van der Waals surface area (Å²) in [6.07, 6.45) is 4.45. The third-order valence-electron chi connectivity index (χ3n) is 4.05. The van der Waals surface area contributed by atoms with E-state index in [1.54, 1.807) is 0 Å². The summed E-state index contributed by atoms with van der Waals surface area (Å²) in [4.78, 5) is 5.36. The van der Waals surface area contributed by atoms with Crippen LogP contribution in [0, 0.1) is 0 Å². The molecule has 3 heteroatoms. The fourth-order valence-electron chi connectivity index (χ4n) is 3.34. The Labute approximate surface area is 106 Å². The molecule has 0 N–H and O–H groups in total. The number of hydrogen-bond donors (Lipinski definition) is 0. The first-order chi connectivity index (χ1) is 8.20. The van der Waals surface area contributed by atoms with Gasteiger partial charge in [-0.15, -0.1) is 0 Å². The predicted molar refractivity (Wildman–Crippen MR) is 71.3 cm³/mol. The van der Waals surface area contributed by atoms with E-state index in [-0.39, 0.29) is 0 Å². The summed E-state index contributed by atoms with van der Waals surface area (Å²) < 4.78 is 5.69. The Balaban J connectivity index is 1.78. The summed E-state index contributed by atoms with van der Waals surface area (Å²) in [5.74, 6) is 0. The molecule has 2 unspecified atom stereocenters. The average Bonchev–Trinajstić information content (AvgIpc) is 2.52. The molecule has 0 aliphatic carbocycles.